The predicted molar refractivity (Wildman–Crippen MR) is 85.6 cm³/mol. The van der Waals surface area contributed by atoms with Gasteiger partial charge in [0.05, 0.1) is 0 Å². The molecule has 0 heterocycles. The van der Waals surface area contributed by atoms with E-state index < -0.39 is 0 Å². The van der Waals surface area contributed by atoms with Crippen molar-refractivity contribution in [2.45, 2.75) is 73.4 Å². The molecule has 0 fully saturated rings. The summed E-state index contributed by atoms with van der Waals surface area (Å²) in [7, 11) is 0. The van der Waals surface area contributed by atoms with Crippen molar-refractivity contribution in [3.05, 3.63) is 34.9 Å². The number of rotatable bonds is 4. The van der Waals surface area contributed by atoms with Gasteiger partial charge in [-0.2, -0.15) is 0 Å². The molecule has 0 saturated heterocycles. The Kier molecular flexibility index (Phi) is 4.84. The van der Waals surface area contributed by atoms with Gasteiger partial charge in [0.2, 0.25) is 0 Å². The average molecular weight is 261 g/mol. The van der Waals surface area contributed by atoms with Crippen LogP contribution in [0, 0.1) is 19.3 Å². The zero-order valence-electron chi connectivity index (χ0n) is 14.0. The van der Waals surface area contributed by atoms with Crippen LogP contribution >= 0.6 is 0 Å². The van der Waals surface area contributed by atoms with Gasteiger partial charge in [-0.3, -0.25) is 0 Å². The van der Waals surface area contributed by atoms with Crippen LogP contribution in [0.1, 0.15) is 70.7 Å². The monoisotopic (exact) mass is 261 g/mol. The second-order valence-corrected chi connectivity index (χ2v) is 7.83. The topological polar surface area (TPSA) is 12.0 Å². The van der Waals surface area contributed by atoms with E-state index in [1.165, 1.54) is 16.7 Å². The van der Waals surface area contributed by atoms with Gasteiger partial charge in [0.25, 0.3) is 0 Å². The number of aryl methyl sites for hydroxylation is 2. The van der Waals surface area contributed by atoms with E-state index in [2.05, 4.69) is 78.9 Å². The summed E-state index contributed by atoms with van der Waals surface area (Å²) in [5.41, 5.74) is 4.62. The molecule has 1 aromatic carbocycles. The molecule has 1 aromatic rings. The first kappa shape index (κ1) is 16.2. The van der Waals surface area contributed by atoms with E-state index in [1.54, 1.807) is 0 Å². The Bertz CT molecular complexity index is 424. The minimum Gasteiger partial charge on any atom is -0.305 e. The Morgan fingerprint density at radius 2 is 1.58 bits per heavy atom. The summed E-state index contributed by atoms with van der Waals surface area (Å²) in [5.74, 6) is 0. The third-order valence-corrected chi connectivity index (χ3v) is 3.61. The molecule has 108 valence electrons. The lowest BCUT2D eigenvalue weighted by atomic mass is 9.81. The molecule has 19 heavy (non-hydrogen) atoms. The molecule has 0 amide bonds. The van der Waals surface area contributed by atoms with Crippen molar-refractivity contribution >= 4 is 0 Å². The molecule has 1 nitrogen and oxygen atoms in total. The average Bonchev–Trinajstić information content (AvgIpc) is 2.17. The Morgan fingerprint density at radius 1 is 1.00 bits per heavy atom. The summed E-state index contributed by atoms with van der Waals surface area (Å²) in [6.07, 6.45) is 1.16. The van der Waals surface area contributed by atoms with Crippen LogP contribution in [-0.4, -0.2) is 5.54 Å². The van der Waals surface area contributed by atoms with Crippen LogP contribution in [-0.2, 0) is 0 Å². The SMILES string of the molecule is Cc1ccc(C(C)NC(C)(C)CC(C)(C)C)cc1C. The summed E-state index contributed by atoms with van der Waals surface area (Å²) >= 11 is 0. The molecule has 1 unspecified atom stereocenters. The van der Waals surface area contributed by atoms with Gasteiger partial charge < -0.3 is 5.32 Å². The second-order valence-electron chi connectivity index (χ2n) is 7.83. The van der Waals surface area contributed by atoms with Crippen LogP contribution < -0.4 is 5.32 Å². The Hall–Kier alpha value is -0.820. The molecule has 1 N–H and O–H groups in total. The quantitative estimate of drug-likeness (QED) is 0.788. The van der Waals surface area contributed by atoms with Crippen molar-refractivity contribution in [3.63, 3.8) is 0 Å². The van der Waals surface area contributed by atoms with Gasteiger partial charge in [-0.15, -0.1) is 0 Å². The first-order chi connectivity index (χ1) is 8.50. The van der Waals surface area contributed by atoms with Crippen LogP contribution in [0.15, 0.2) is 18.2 Å². The smallest absolute Gasteiger partial charge is 0.0296 e. The molecule has 0 aliphatic heterocycles. The lowest BCUT2D eigenvalue weighted by Gasteiger charge is -2.36. The van der Waals surface area contributed by atoms with Crippen molar-refractivity contribution < 1.29 is 0 Å². The summed E-state index contributed by atoms with van der Waals surface area (Å²) in [4.78, 5) is 0. The first-order valence-electron chi connectivity index (χ1n) is 7.35. The largest absolute Gasteiger partial charge is 0.305 e. The maximum Gasteiger partial charge on any atom is 0.0296 e. The Morgan fingerprint density at radius 3 is 2.05 bits per heavy atom. The van der Waals surface area contributed by atoms with Gasteiger partial charge in [0.1, 0.15) is 0 Å². The van der Waals surface area contributed by atoms with Crippen LogP contribution in [0.2, 0.25) is 0 Å². The highest BCUT2D eigenvalue weighted by molar-refractivity contribution is 5.31. The number of hydrogen-bond donors (Lipinski definition) is 1. The Balaban J connectivity index is 2.78. The van der Waals surface area contributed by atoms with Gasteiger partial charge in [-0.1, -0.05) is 39.0 Å². The number of nitrogens with one attached hydrogen (secondary N) is 1. The second kappa shape index (κ2) is 5.66. The predicted octanol–water partition coefficient (Wildman–Crippen LogP) is 5.17. The molecule has 0 aliphatic carbocycles. The molecular formula is C18H31N. The summed E-state index contributed by atoms with van der Waals surface area (Å²) in [6, 6.07) is 7.16. The molecule has 1 heteroatoms. The summed E-state index contributed by atoms with van der Waals surface area (Å²) < 4.78 is 0. The van der Waals surface area contributed by atoms with Gasteiger partial charge in [0.15, 0.2) is 0 Å². The third-order valence-electron chi connectivity index (χ3n) is 3.61. The molecule has 0 radical (unpaired) electrons. The molecule has 1 atom stereocenters. The van der Waals surface area contributed by atoms with Gasteiger partial charge in [0, 0.05) is 11.6 Å². The molecule has 0 bridgehead atoms. The van der Waals surface area contributed by atoms with E-state index in [9.17, 15) is 0 Å². The molecule has 0 spiro atoms. The van der Waals surface area contributed by atoms with E-state index in [-0.39, 0.29) is 5.54 Å². The Labute approximate surface area is 119 Å². The number of benzene rings is 1. The molecule has 0 aliphatic rings. The zero-order chi connectivity index (χ0) is 14.8. The van der Waals surface area contributed by atoms with Crippen molar-refractivity contribution in [1.82, 2.24) is 5.32 Å². The highest BCUT2D eigenvalue weighted by atomic mass is 15.0. The summed E-state index contributed by atoms with van der Waals surface area (Å²) in [5, 5.41) is 3.78. The van der Waals surface area contributed by atoms with E-state index in [0.29, 0.717) is 11.5 Å². The first-order valence-corrected chi connectivity index (χ1v) is 7.35. The van der Waals surface area contributed by atoms with E-state index in [1.807, 2.05) is 0 Å². The van der Waals surface area contributed by atoms with E-state index >= 15 is 0 Å². The molecule has 1 rings (SSSR count). The van der Waals surface area contributed by atoms with Gasteiger partial charge in [-0.05, 0) is 63.1 Å². The van der Waals surface area contributed by atoms with E-state index in [0.717, 1.165) is 6.42 Å². The normalized spacial score (nSPS) is 14.5. The standard InChI is InChI=1S/C18H31N/c1-13-9-10-16(11-14(13)2)15(3)19-18(7,8)12-17(4,5)6/h9-11,15,19H,12H2,1-8H3. The molecular weight excluding hydrogens is 230 g/mol. The highest BCUT2D eigenvalue weighted by Gasteiger charge is 2.26. The van der Waals surface area contributed by atoms with Crippen molar-refractivity contribution in [2.75, 3.05) is 0 Å². The lowest BCUT2D eigenvalue weighted by molar-refractivity contribution is 0.227. The fourth-order valence-corrected chi connectivity index (χ4v) is 3.08. The van der Waals surface area contributed by atoms with Crippen LogP contribution in [0.4, 0.5) is 0 Å². The number of hydrogen-bond acceptors (Lipinski definition) is 1. The minimum atomic E-state index is 0.149. The van der Waals surface area contributed by atoms with Crippen molar-refractivity contribution in [1.29, 1.82) is 0 Å². The maximum absolute atomic E-state index is 3.78. The van der Waals surface area contributed by atoms with E-state index in [4.69, 9.17) is 0 Å². The molecule has 0 aromatic heterocycles. The minimum absolute atomic E-state index is 0.149. The van der Waals surface area contributed by atoms with Gasteiger partial charge >= 0.3 is 0 Å². The zero-order valence-corrected chi connectivity index (χ0v) is 14.0. The lowest BCUT2D eigenvalue weighted by Crippen LogP contribution is -2.43. The van der Waals surface area contributed by atoms with Crippen molar-refractivity contribution in [3.8, 4) is 0 Å². The summed E-state index contributed by atoms with van der Waals surface area (Å²) in [6.45, 7) is 18.1. The molecule has 0 saturated carbocycles. The third kappa shape index (κ3) is 5.36. The highest BCUT2D eigenvalue weighted by Crippen LogP contribution is 2.29. The van der Waals surface area contributed by atoms with Crippen LogP contribution in [0.5, 0.6) is 0 Å². The van der Waals surface area contributed by atoms with Crippen LogP contribution in [0.3, 0.4) is 0 Å². The fraction of sp³-hybridized carbons (Fsp3) is 0.667. The van der Waals surface area contributed by atoms with Crippen molar-refractivity contribution in [2.24, 2.45) is 5.41 Å². The van der Waals surface area contributed by atoms with Gasteiger partial charge in [-0.25, -0.2) is 0 Å². The maximum atomic E-state index is 3.78. The fourth-order valence-electron chi connectivity index (χ4n) is 3.08. The van der Waals surface area contributed by atoms with Crippen LogP contribution in [0.25, 0.3) is 0 Å².